The number of hydrogen-bond acceptors (Lipinski definition) is 3. The Labute approximate surface area is 146 Å². The van der Waals surface area contributed by atoms with Crippen LogP contribution in [-0.4, -0.2) is 42.0 Å². The molecule has 5 heteroatoms. The second-order valence-electron chi connectivity index (χ2n) is 6.40. The number of halogens is 1. The van der Waals surface area contributed by atoms with Crippen LogP contribution in [0, 0.1) is 0 Å². The quantitative estimate of drug-likeness (QED) is 0.866. The fourth-order valence-electron chi connectivity index (χ4n) is 3.73. The predicted octanol–water partition coefficient (Wildman–Crippen LogP) is 2.40. The van der Waals surface area contributed by atoms with Gasteiger partial charge in [-0.05, 0) is 47.7 Å². The maximum Gasteiger partial charge on any atom is 0.236 e. The Morgan fingerprint density at radius 2 is 1.96 bits per heavy atom. The highest BCUT2D eigenvalue weighted by molar-refractivity contribution is 6.30. The van der Waals surface area contributed by atoms with E-state index in [0.717, 1.165) is 60.9 Å². The molecule has 1 aromatic carbocycles. The molecule has 0 bridgehead atoms. The van der Waals surface area contributed by atoms with Gasteiger partial charge in [-0.15, -0.1) is 0 Å². The molecule has 2 aromatic rings. The van der Waals surface area contributed by atoms with Crippen molar-refractivity contribution in [1.82, 2.24) is 15.2 Å². The Hall–Kier alpha value is -1.91. The van der Waals surface area contributed by atoms with Crippen molar-refractivity contribution >= 4 is 17.5 Å². The van der Waals surface area contributed by atoms with Crippen molar-refractivity contribution in [1.29, 1.82) is 0 Å². The number of amides is 1. The van der Waals surface area contributed by atoms with Gasteiger partial charge in [0.05, 0.1) is 5.69 Å². The first-order valence-corrected chi connectivity index (χ1v) is 8.83. The molecular weight excluding hydrogens is 322 g/mol. The first kappa shape index (κ1) is 15.6. The van der Waals surface area contributed by atoms with E-state index in [1.165, 1.54) is 5.56 Å². The first-order chi connectivity index (χ1) is 11.7. The minimum atomic E-state index is -0.325. The van der Waals surface area contributed by atoms with Gasteiger partial charge in [-0.25, -0.2) is 0 Å². The van der Waals surface area contributed by atoms with E-state index in [2.05, 4.69) is 16.4 Å². The Morgan fingerprint density at radius 3 is 2.79 bits per heavy atom. The number of benzene rings is 1. The van der Waals surface area contributed by atoms with Gasteiger partial charge in [0, 0.05) is 37.4 Å². The molecule has 1 aliphatic heterocycles. The van der Waals surface area contributed by atoms with Crippen LogP contribution >= 0.6 is 11.6 Å². The second-order valence-corrected chi connectivity index (χ2v) is 6.84. The van der Waals surface area contributed by atoms with Crippen LogP contribution in [-0.2, 0) is 17.6 Å². The molecule has 1 amide bonds. The Balaban J connectivity index is 1.82. The Bertz CT molecular complexity index is 771. The van der Waals surface area contributed by atoms with E-state index in [0.29, 0.717) is 0 Å². The molecule has 124 valence electrons. The third-order valence-corrected chi connectivity index (χ3v) is 5.19. The Morgan fingerprint density at radius 1 is 1.17 bits per heavy atom. The molecule has 24 heavy (non-hydrogen) atoms. The number of nitrogens with zero attached hydrogens (tertiary/aromatic N) is 2. The zero-order valence-corrected chi connectivity index (χ0v) is 14.2. The fourth-order valence-corrected chi connectivity index (χ4v) is 3.92. The van der Waals surface area contributed by atoms with E-state index in [1.54, 1.807) is 6.20 Å². The third kappa shape index (κ3) is 2.80. The largest absolute Gasteiger partial charge is 0.339 e. The molecule has 1 aromatic heterocycles. The molecule has 1 N–H and O–H groups in total. The second kappa shape index (κ2) is 6.54. The Kier molecular flexibility index (Phi) is 4.25. The lowest BCUT2D eigenvalue weighted by atomic mass is 9.90. The monoisotopic (exact) mass is 341 g/mol. The van der Waals surface area contributed by atoms with Gasteiger partial charge in [-0.3, -0.25) is 9.78 Å². The summed E-state index contributed by atoms with van der Waals surface area (Å²) in [6, 6.07) is 9.93. The summed E-state index contributed by atoms with van der Waals surface area (Å²) >= 11 is 6.20. The third-order valence-electron chi connectivity index (χ3n) is 4.95. The van der Waals surface area contributed by atoms with Gasteiger partial charge >= 0.3 is 0 Å². The van der Waals surface area contributed by atoms with E-state index < -0.39 is 0 Å². The number of aryl methyl sites for hydroxylation is 2. The number of carbonyl (C=O) groups excluding carboxylic acids is 1. The van der Waals surface area contributed by atoms with Crippen LogP contribution in [0.4, 0.5) is 0 Å². The number of hydrogen-bond donors (Lipinski definition) is 1. The van der Waals surface area contributed by atoms with Crippen LogP contribution < -0.4 is 5.32 Å². The normalized spacial score (nSPS) is 20.0. The summed E-state index contributed by atoms with van der Waals surface area (Å²) in [5, 5.41) is 4.03. The highest BCUT2D eigenvalue weighted by atomic mass is 35.5. The molecule has 1 aliphatic carbocycles. The summed E-state index contributed by atoms with van der Waals surface area (Å²) in [6.45, 7) is 3.20. The van der Waals surface area contributed by atoms with Gasteiger partial charge < -0.3 is 10.2 Å². The van der Waals surface area contributed by atoms with Crippen LogP contribution in [0.5, 0.6) is 0 Å². The topological polar surface area (TPSA) is 45.2 Å². The highest BCUT2D eigenvalue weighted by Crippen LogP contribution is 2.35. The zero-order valence-electron chi connectivity index (χ0n) is 13.5. The van der Waals surface area contributed by atoms with Crippen molar-refractivity contribution in [3.8, 4) is 0 Å². The van der Waals surface area contributed by atoms with E-state index in [9.17, 15) is 4.79 Å². The van der Waals surface area contributed by atoms with E-state index in [4.69, 9.17) is 11.6 Å². The maximum absolute atomic E-state index is 13.3. The lowest BCUT2D eigenvalue weighted by Gasteiger charge is -2.31. The predicted molar refractivity (Wildman–Crippen MR) is 94.4 cm³/mol. The maximum atomic E-state index is 13.3. The number of fused-ring (bicyclic) bond motifs is 2. The van der Waals surface area contributed by atoms with Crippen molar-refractivity contribution in [2.75, 3.05) is 26.2 Å². The summed E-state index contributed by atoms with van der Waals surface area (Å²) in [4.78, 5) is 19.9. The molecule has 4 rings (SSSR count). The summed E-state index contributed by atoms with van der Waals surface area (Å²) in [6.07, 6.45) is 3.57. The number of rotatable bonds is 1. The van der Waals surface area contributed by atoms with Gasteiger partial charge in [-0.2, -0.15) is 0 Å². The summed E-state index contributed by atoms with van der Waals surface area (Å²) in [7, 11) is 0. The molecule has 2 heterocycles. The van der Waals surface area contributed by atoms with E-state index in [1.807, 2.05) is 29.2 Å². The average molecular weight is 342 g/mol. The van der Waals surface area contributed by atoms with Crippen molar-refractivity contribution in [3.63, 3.8) is 0 Å². The summed E-state index contributed by atoms with van der Waals surface area (Å²) < 4.78 is 0. The lowest BCUT2D eigenvalue weighted by Crippen LogP contribution is -2.48. The number of aromatic nitrogens is 1. The molecule has 1 unspecified atom stereocenters. The van der Waals surface area contributed by atoms with Crippen molar-refractivity contribution in [2.45, 2.75) is 18.8 Å². The van der Waals surface area contributed by atoms with Crippen LogP contribution in [0.2, 0.25) is 5.02 Å². The molecule has 1 atom stereocenters. The van der Waals surface area contributed by atoms with Crippen molar-refractivity contribution in [3.05, 3.63) is 63.9 Å². The molecule has 0 saturated carbocycles. The summed E-state index contributed by atoms with van der Waals surface area (Å²) in [5.74, 6) is -0.170. The number of pyridine rings is 1. The SMILES string of the molecule is O=C(C1c2ccc(Cl)cc2CCc2cccnc21)N1CCNCC1. The molecule has 0 radical (unpaired) electrons. The fraction of sp³-hybridized carbons (Fsp3) is 0.368. The van der Waals surface area contributed by atoms with Gasteiger partial charge in [0.2, 0.25) is 5.91 Å². The van der Waals surface area contributed by atoms with Crippen LogP contribution in [0.3, 0.4) is 0 Å². The first-order valence-electron chi connectivity index (χ1n) is 8.45. The van der Waals surface area contributed by atoms with Crippen molar-refractivity contribution in [2.24, 2.45) is 0 Å². The molecule has 2 aliphatic rings. The number of carbonyl (C=O) groups is 1. The number of piperazine rings is 1. The van der Waals surface area contributed by atoms with Crippen molar-refractivity contribution < 1.29 is 4.79 Å². The van der Waals surface area contributed by atoms with Crippen LogP contribution in [0.25, 0.3) is 0 Å². The molecule has 1 fully saturated rings. The molecular formula is C19H20ClN3O. The number of nitrogens with one attached hydrogen (secondary N) is 1. The molecule has 1 saturated heterocycles. The molecule has 4 nitrogen and oxygen atoms in total. The van der Waals surface area contributed by atoms with Gasteiger partial charge in [-0.1, -0.05) is 23.7 Å². The van der Waals surface area contributed by atoms with E-state index in [-0.39, 0.29) is 11.8 Å². The van der Waals surface area contributed by atoms with E-state index >= 15 is 0 Å². The molecule has 0 spiro atoms. The van der Waals surface area contributed by atoms with Crippen LogP contribution in [0.15, 0.2) is 36.5 Å². The van der Waals surface area contributed by atoms with Gasteiger partial charge in [0.1, 0.15) is 5.92 Å². The minimum absolute atomic E-state index is 0.155. The average Bonchev–Trinajstić information content (AvgIpc) is 2.78. The standard InChI is InChI=1S/C19H20ClN3O/c20-15-5-6-16-14(12-15)4-3-13-2-1-7-22-18(13)17(16)19(24)23-10-8-21-9-11-23/h1-2,5-7,12,17,21H,3-4,8-11H2. The van der Waals surface area contributed by atoms with Gasteiger partial charge in [0.15, 0.2) is 0 Å². The van der Waals surface area contributed by atoms with Gasteiger partial charge in [0.25, 0.3) is 0 Å². The lowest BCUT2D eigenvalue weighted by molar-refractivity contribution is -0.132. The highest BCUT2D eigenvalue weighted by Gasteiger charge is 2.34. The zero-order chi connectivity index (χ0) is 16.5. The minimum Gasteiger partial charge on any atom is -0.339 e. The smallest absolute Gasteiger partial charge is 0.236 e. The summed E-state index contributed by atoms with van der Waals surface area (Å²) in [5.41, 5.74) is 4.29. The van der Waals surface area contributed by atoms with Crippen LogP contribution in [0.1, 0.15) is 28.3 Å².